The Morgan fingerprint density at radius 1 is 1.32 bits per heavy atom. The molecule has 4 nitrogen and oxygen atoms in total. The van der Waals surface area contributed by atoms with E-state index in [1.165, 1.54) is 25.0 Å². The van der Waals surface area contributed by atoms with E-state index in [1.807, 2.05) is 17.8 Å². The smallest absolute Gasteiger partial charge is 0.253 e. The topological polar surface area (TPSA) is 37.3 Å². The van der Waals surface area contributed by atoms with Gasteiger partial charge >= 0.3 is 0 Å². The van der Waals surface area contributed by atoms with Gasteiger partial charge < -0.3 is 14.8 Å². The molecule has 5 heteroatoms. The van der Waals surface area contributed by atoms with Gasteiger partial charge in [0.15, 0.2) is 0 Å². The van der Waals surface area contributed by atoms with E-state index in [1.54, 1.807) is 0 Å². The average Bonchev–Trinajstić information content (AvgIpc) is 2.92. The number of fused-ring (bicyclic) bond motifs is 3. The first kappa shape index (κ1) is 14.6. The molecule has 2 bridgehead atoms. The highest BCUT2D eigenvalue weighted by Crippen LogP contribution is 2.33. The number of amides is 1. The molecule has 1 unspecified atom stereocenters. The van der Waals surface area contributed by atoms with Gasteiger partial charge in [0.2, 0.25) is 0 Å². The van der Waals surface area contributed by atoms with Crippen LogP contribution >= 0.6 is 11.8 Å². The van der Waals surface area contributed by atoms with Gasteiger partial charge in [0.25, 0.3) is 5.91 Å². The summed E-state index contributed by atoms with van der Waals surface area (Å²) >= 11 is 1.93. The summed E-state index contributed by atoms with van der Waals surface area (Å²) in [5, 5.41) is 3.33. The normalized spacial score (nSPS) is 31.6. The third kappa shape index (κ3) is 2.58. The van der Waals surface area contributed by atoms with Gasteiger partial charge in [-0.15, -0.1) is 0 Å². The molecule has 1 amide bonds. The number of carbonyl (C=O) groups is 1. The van der Waals surface area contributed by atoms with Crippen LogP contribution < -0.4 is 5.32 Å². The lowest BCUT2D eigenvalue weighted by Gasteiger charge is -2.47. The summed E-state index contributed by atoms with van der Waals surface area (Å²) in [4.78, 5) is 15.2. The Labute approximate surface area is 136 Å². The molecule has 2 fully saturated rings. The number of aromatic nitrogens is 1. The monoisotopic (exact) mass is 319 g/mol. The van der Waals surface area contributed by atoms with Crippen LogP contribution in [0.25, 0.3) is 0 Å². The fraction of sp³-hybridized carbons (Fsp3) is 0.706. The Hall–Kier alpha value is -0.940. The summed E-state index contributed by atoms with van der Waals surface area (Å²) in [7, 11) is 2.26. The van der Waals surface area contributed by atoms with Crippen molar-refractivity contribution in [3.05, 3.63) is 23.5 Å². The highest BCUT2D eigenvalue weighted by molar-refractivity contribution is 7.98. The number of hydrogen-bond donors (Lipinski definition) is 1. The minimum Gasteiger partial charge on any atom is -0.349 e. The number of hydrogen-bond acceptors (Lipinski definition) is 3. The molecule has 4 rings (SSSR count). The Bertz CT molecular complexity index is 556. The van der Waals surface area contributed by atoms with Crippen LogP contribution in [-0.4, -0.2) is 46.3 Å². The number of piperidine rings is 2. The second kappa shape index (κ2) is 5.93. The molecule has 1 aromatic rings. The maximum Gasteiger partial charge on any atom is 0.253 e. The van der Waals surface area contributed by atoms with Crippen LogP contribution in [0.2, 0.25) is 0 Å². The molecule has 4 heterocycles. The molecule has 0 aromatic carbocycles. The van der Waals surface area contributed by atoms with Gasteiger partial charge in [0.1, 0.15) is 0 Å². The predicted octanol–water partition coefficient (Wildman–Crippen LogP) is 2.48. The molecular weight excluding hydrogens is 294 g/mol. The Kier molecular flexibility index (Phi) is 3.95. The molecule has 3 aliphatic heterocycles. The van der Waals surface area contributed by atoms with E-state index in [0.717, 1.165) is 36.5 Å². The molecule has 2 saturated heterocycles. The first-order valence-corrected chi connectivity index (χ1v) is 9.66. The Morgan fingerprint density at radius 3 is 2.86 bits per heavy atom. The lowest BCUT2D eigenvalue weighted by Crippen LogP contribution is -2.55. The predicted molar refractivity (Wildman–Crippen MR) is 90.3 cm³/mol. The van der Waals surface area contributed by atoms with Crippen molar-refractivity contribution in [2.24, 2.45) is 0 Å². The average molecular weight is 319 g/mol. The largest absolute Gasteiger partial charge is 0.349 e. The van der Waals surface area contributed by atoms with Gasteiger partial charge in [0.05, 0.1) is 5.56 Å². The van der Waals surface area contributed by atoms with Crippen LogP contribution in [0.4, 0.5) is 0 Å². The lowest BCUT2D eigenvalue weighted by atomic mass is 9.82. The molecule has 0 saturated carbocycles. The number of nitrogens with one attached hydrogen (secondary N) is 1. The molecule has 0 aliphatic carbocycles. The number of aryl methyl sites for hydroxylation is 1. The number of carbonyl (C=O) groups excluding carboxylic acids is 1. The number of rotatable bonds is 2. The van der Waals surface area contributed by atoms with Gasteiger partial charge in [-0.05, 0) is 38.8 Å². The van der Waals surface area contributed by atoms with Crippen molar-refractivity contribution in [2.45, 2.75) is 62.5 Å². The first-order valence-electron chi connectivity index (χ1n) is 8.51. The minimum atomic E-state index is 0.142. The van der Waals surface area contributed by atoms with E-state index in [-0.39, 0.29) is 5.91 Å². The fourth-order valence-corrected chi connectivity index (χ4v) is 5.40. The maximum atomic E-state index is 12.7. The van der Waals surface area contributed by atoms with Crippen LogP contribution in [0, 0.1) is 0 Å². The fourth-order valence-electron chi connectivity index (χ4n) is 4.41. The number of nitrogens with zero attached hydrogens (tertiary/aromatic N) is 2. The molecule has 22 heavy (non-hydrogen) atoms. The highest BCUT2D eigenvalue weighted by atomic mass is 32.2. The van der Waals surface area contributed by atoms with Crippen LogP contribution in [0.5, 0.6) is 0 Å². The van der Waals surface area contributed by atoms with Crippen molar-refractivity contribution in [1.82, 2.24) is 14.8 Å². The molecule has 0 spiro atoms. The van der Waals surface area contributed by atoms with Gasteiger partial charge in [-0.2, -0.15) is 11.8 Å². The van der Waals surface area contributed by atoms with E-state index in [2.05, 4.69) is 28.0 Å². The van der Waals surface area contributed by atoms with Crippen molar-refractivity contribution in [3.8, 4) is 0 Å². The summed E-state index contributed by atoms with van der Waals surface area (Å²) in [6.45, 7) is 1.03. The quantitative estimate of drug-likeness (QED) is 0.910. The molecule has 1 aromatic heterocycles. The van der Waals surface area contributed by atoms with Crippen LogP contribution in [0.15, 0.2) is 12.3 Å². The van der Waals surface area contributed by atoms with Crippen LogP contribution in [-0.2, 0) is 12.3 Å². The zero-order chi connectivity index (χ0) is 15.1. The van der Waals surface area contributed by atoms with E-state index < -0.39 is 0 Å². The first-order chi connectivity index (χ1) is 10.7. The van der Waals surface area contributed by atoms with Gasteiger partial charge in [0, 0.05) is 48.1 Å². The third-order valence-corrected chi connectivity index (χ3v) is 6.66. The molecule has 1 N–H and O–H groups in total. The molecular formula is C17H25N3OS. The second-order valence-corrected chi connectivity index (χ2v) is 8.07. The standard InChI is InChI=1S/C17H25N3OS/c1-19-13-3-2-4-14(19)10-12(9-13)18-17(21)15-5-6-20-7-8-22-11-16(15)20/h5-6,12-14H,2-4,7-11H2,1H3,(H,18,21)/t12?,13-,14+. The highest BCUT2D eigenvalue weighted by Gasteiger charge is 2.36. The van der Waals surface area contributed by atoms with Crippen molar-refractivity contribution >= 4 is 17.7 Å². The summed E-state index contributed by atoms with van der Waals surface area (Å²) in [5.41, 5.74) is 2.11. The van der Waals surface area contributed by atoms with Crippen molar-refractivity contribution in [1.29, 1.82) is 0 Å². The van der Waals surface area contributed by atoms with E-state index in [4.69, 9.17) is 0 Å². The SMILES string of the molecule is CN1[C@@H]2CCC[C@H]1CC(NC(=O)c1ccn3c1CSCC3)C2. The van der Waals surface area contributed by atoms with E-state index >= 15 is 0 Å². The summed E-state index contributed by atoms with van der Waals surface area (Å²) in [6.07, 6.45) is 8.24. The summed E-state index contributed by atoms with van der Waals surface area (Å²) in [5.74, 6) is 2.26. The summed E-state index contributed by atoms with van der Waals surface area (Å²) in [6, 6.07) is 3.69. The van der Waals surface area contributed by atoms with E-state index in [0.29, 0.717) is 18.1 Å². The zero-order valence-electron chi connectivity index (χ0n) is 13.3. The number of thioether (sulfide) groups is 1. The second-order valence-electron chi connectivity index (χ2n) is 6.97. The van der Waals surface area contributed by atoms with Crippen LogP contribution in [0.1, 0.15) is 48.2 Å². The molecule has 3 atom stereocenters. The molecule has 120 valence electrons. The zero-order valence-corrected chi connectivity index (χ0v) is 14.1. The maximum absolute atomic E-state index is 12.7. The Balaban J connectivity index is 1.45. The van der Waals surface area contributed by atoms with Crippen LogP contribution in [0.3, 0.4) is 0 Å². The molecule has 3 aliphatic rings. The van der Waals surface area contributed by atoms with Gasteiger partial charge in [-0.3, -0.25) is 4.79 Å². The molecule has 0 radical (unpaired) electrons. The van der Waals surface area contributed by atoms with Crippen molar-refractivity contribution in [3.63, 3.8) is 0 Å². The summed E-state index contributed by atoms with van der Waals surface area (Å²) < 4.78 is 2.24. The lowest BCUT2D eigenvalue weighted by molar-refractivity contribution is 0.0463. The third-order valence-electron chi connectivity index (χ3n) is 5.71. The van der Waals surface area contributed by atoms with Crippen molar-refractivity contribution < 1.29 is 4.79 Å². The Morgan fingerprint density at radius 2 is 2.09 bits per heavy atom. The van der Waals surface area contributed by atoms with Crippen molar-refractivity contribution in [2.75, 3.05) is 12.8 Å². The van der Waals surface area contributed by atoms with Gasteiger partial charge in [-0.25, -0.2) is 0 Å². The minimum absolute atomic E-state index is 0.142. The van der Waals surface area contributed by atoms with E-state index in [9.17, 15) is 4.79 Å². The van der Waals surface area contributed by atoms with Gasteiger partial charge in [-0.1, -0.05) is 6.42 Å².